The molecular formula is C17H21N3O4. The highest BCUT2D eigenvalue weighted by atomic mass is 16.5. The van der Waals surface area contributed by atoms with Gasteiger partial charge in [-0.2, -0.15) is 5.10 Å². The van der Waals surface area contributed by atoms with E-state index in [0.29, 0.717) is 22.9 Å². The van der Waals surface area contributed by atoms with Gasteiger partial charge in [0, 0.05) is 5.39 Å². The number of nitrogens with one attached hydrogen (secondary N) is 2. The molecule has 0 aliphatic rings. The van der Waals surface area contributed by atoms with Crippen LogP contribution in [0.2, 0.25) is 0 Å². The van der Waals surface area contributed by atoms with Crippen molar-refractivity contribution in [2.75, 3.05) is 7.11 Å². The number of amides is 1. The van der Waals surface area contributed by atoms with Crippen molar-refractivity contribution in [3.63, 3.8) is 0 Å². The quantitative estimate of drug-likeness (QED) is 0.774. The Bertz CT molecular complexity index is 798. The third kappa shape index (κ3) is 4.18. The van der Waals surface area contributed by atoms with Gasteiger partial charge in [0.15, 0.2) is 0 Å². The van der Waals surface area contributed by atoms with Gasteiger partial charge in [-0.3, -0.25) is 9.59 Å². The van der Waals surface area contributed by atoms with Crippen molar-refractivity contribution in [3.05, 3.63) is 40.3 Å². The van der Waals surface area contributed by atoms with Gasteiger partial charge in [-0.25, -0.2) is 9.89 Å². The van der Waals surface area contributed by atoms with Crippen molar-refractivity contribution < 1.29 is 14.3 Å². The number of aromatic nitrogens is 2. The summed E-state index contributed by atoms with van der Waals surface area (Å²) in [4.78, 5) is 35.9. The van der Waals surface area contributed by atoms with E-state index in [1.807, 2.05) is 13.8 Å². The molecular weight excluding hydrogens is 310 g/mol. The van der Waals surface area contributed by atoms with Gasteiger partial charge in [0.1, 0.15) is 6.04 Å². The number of hydrogen-bond acceptors (Lipinski definition) is 5. The van der Waals surface area contributed by atoms with E-state index in [2.05, 4.69) is 15.5 Å². The van der Waals surface area contributed by atoms with Gasteiger partial charge in [0.2, 0.25) is 5.91 Å². The van der Waals surface area contributed by atoms with Crippen LogP contribution < -0.4 is 10.9 Å². The molecule has 1 aromatic carbocycles. The second-order valence-corrected chi connectivity index (χ2v) is 5.99. The van der Waals surface area contributed by atoms with E-state index in [1.54, 1.807) is 24.3 Å². The molecule has 0 saturated heterocycles. The third-order valence-electron chi connectivity index (χ3n) is 3.63. The number of esters is 1. The minimum atomic E-state index is -0.698. The molecule has 1 heterocycles. The minimum Gasteiger partial charge on any atom is -0.467 e. The highest BCUT2D eigenvalue weighted by molar-refractivity contribution is 5.90. The van der Waals surface area contributed by atoms with Gasteiger partial charge in [0.25, 0.3) is 5.56 Å². The minimum absolute atomic E-state index is 0.0388. The standard InChI is InChI=1S/C17H21N3O4/c1-10(2)8-14(17(23)24-3)18-15(21)9-13-11-6-4-5-7-12(11)16(22)20-19-13/h4-7,10,14H,8-9H2,1-3H3,(H,18,21)(H,20,22). The maximum absolute atomic E-state index is 12.3. The number of nitrogens with zero attached hydrogens (tertiary/aromatic N) is 1. The van der Waals surface area contributed by atoms with E-state index in [1.165, 1.54) is 7.11 Å². The van der Waals surface area contributed by atoms with Crippen LogP contribution in [0.4, 0.5) is 0 Å². The summed E-state index contributed by atoms with van der Waals surface area (Å²) >= 11 is 0. The maximum atomic E-state index is 12.3. The molecule has 7 nitrogen and oxygen atoms in total. The van der Waals surface area contributed by atoms with Crippen molar-refractivity contribution >= 4 is 22.6 Å². The molecule has 7 heteroatoms. The lowest BCUT2D eigenvalue weighted by Gasteiger charge is -2.18. The molecule has 24 heavy (non-hydrogen) atoms. The lowest BCUT2D eigenvalue weighted by Crippen LogP contribution is -2.43. The van der Waals surface area contributed by atoms with E-state index in [9.17, 15) is 14.4 Å². The number of methoxy groups -OCH3 is 1. The van der Waals surface area contributed by atoms with Crippen LogP contribution >= 0.6 is 0 Å². The van der Waals surface area contributed by atoms with Gasteiger partial charge < -0.3 is 10.1 Å². The SMILES string of the molecule is COC(=O)C(CC(C)C)NC(=O)Cc1n[nH]c(=O)c2ccccc12. The molecule has 1 aromatic heterocycles. The van der Waals surface area contributed by atoms with Crippen LogP contribution in [-0.2, 0) is 20.7 Å². The van der Waals surface area contributed by atoms with Crippen molar-refractivity contribution in [3.8, 4) is 0 Å². The molecule has 1 unspecified atom stereocenters. The molecule has 128 valence electrons. The van der Waals surface area contributed by atoms with Gasteiger partial charge in [-0.1, -0.05) is 32.0 Å². The highest BCUT2D eigenvalue weighted by Crippen LogP contribution is 2.13. The number of rotatable bonds is 6. The number of aromatic amines is 1. The Balaban J connectivity index is 2.19. The summed E-state index contributed by atoms with van der Waals surface area (Å²) in [6.45, 7) is 3.91. The molecule has 0 bridgehead atoms. The normalized spacial score (nSPS) is 12.2. The molecule has 1 atom stereocenters. The highest BCUT2D eigenvalue weighted by Gasteiger charge is 2.23. The van der Waals surface area contributed by atoms with E-state index in [0.717, 1.165) is 0 Å². The Morgan fingerprint density at radius 2 is 1.92 bits per heavy atom. The molecule has 0 fully saturated rings. The maximum Gasteiger partial charge on any atom is 0.328 e. The smallest absolute Gasteiger partial charge is 0.328 e. The van der Waals surface area contributed by atoms with Gasteiger partial charge in [-0.15, -0.1) is 0 Å². The lowest BCUT2D eigenvalue weighted by atomic mass is 10.0. The Hall–Kier alpha value is -2.70. The molecule has 2 aromatic rings. The Kier molecular flexibility index (Phi) is 5.68. The average Bonchev–Trinajstić information content (AvgIpc) is 2.56. The predicted octanol–water partition coefficient (Wildman–Crippen LogP) is 1.17. The monoisotopic (exact) mass is 331 g/mol. The summed E-state index contributed by atoms with van der Waals surface area (Å²) in [5.74, 6) is -0.603. The Labute approximate surface area is 139 Å². The zero-order chi connectivity index (χ0) is 17.7. The number of carbonyl (C=O) groups is 2. The van der Waals surface area contributed by atoms with Crippen LogP contribution in [0.25, 0.3) is 10.8 Å². The number of benzene rings is 1. The summed E-state index contributed by atoms with van der Waals surface area (Å²) in [6, 6.07) is 6.24. The largest absolute Gasteiger partial charge is 0.467 e. The van der Waals surface area contributed by atoms with Crippen molar-refractivity contribution in [2.24, 2.45) is 5.92 Å². The van der Waals surface area contributed by atoms with Crippen LogP contribution in [0, 0.1) is 5.92 Å². The van der Waals surface area contributed by atoms with Gasteiger partial charge in [0.05, 0.1) is 24.6 Å². The van der Waals surface area contributed by atoms with Crippen molar-refractivity contribution in [1.29, 1.82) is 0 Å². The summed E-state index contributed by atoms with van der Waals surface area (Å²) in [5, 5.41) is 10.1. The zero-order valence-corrected chi connectivity index (χ0v) is 14.0. The lowest BCUT2D eigenvalue weighted by molar-refractivity contribution is -0.145. The molecule has 0 spiro atoms. The number of fused-ring (bicyclic) bond motifs is 1. The van der Waals surface area contributed by atoms with Crippen LogP contribution in [0.1, 0.15) is 26.0 Å². The zero-order valence-electron chi connectivity index (χ0n) is 14.0. The molecule has 0 aliphatic heterocycles. The second kappa shape index (κ2) is 7.72. The summed E-state index contributed by atoms with van der Waals surface area (Å²) < 4.78 is 4.73. The Morgan fingerprint density at radius 1 is 1.25 bits per heavy atom. The van der Waals surface area contributed by atoms with Gasteiger partial charge in [-0.05, 0) is 18.4 Å². The van der Waals surface area contributed by atoms with E-state index < -0.39 is 12.0 Å². The summed E-state index contributed by atoms with van der Waals surface area (Å²) in [6.07, 6.45) is 0.446. The second-order valence-electron chi connectivity index (χ2n) is 5.99. The van der Waals surface area contributed by atoms with E-state index in [-0.39, 0.29) is 23.8 Å². The summed E-state index contributed by atoms with van der Waals surface area (Å²) in [7, 11) is 1.29. The first-order chi connectivity index (χ1) is 11.4. The fourth-order valence-electron chi connectivity index (χ4n) is 2.53. The average molecular weight is 331 g/mol. The predicted molar refractivity (Wildman–Crippen MR) is 89.5 cm³/mol. The topological polar surface area (TPSA) is 101 Å². The van der Waals surface area contributed by atoms with Crippen LogP contribution in [0.3, 0.4) is 0 Å². The third-order valence-corrected chi connectivity index (χ3v) is 3.63. The molecule has 0 saturated carbocycles. The van der Waals surface area contributed by atoms with E-state index in [4.69, 9.17) is 4.74 Å². The molecule has 1 amide bonds. The number of H-pyrrole nitrogens is 1. The first-order valence-corrected chi connectivity index (χ1v) is 7.75. The van der Waals surface area contributed by atoms with E-state index >= 15 is 0 Å². The first kappa shape index (κ1) is 17.7. The fraction of sp³-hybridized carbons (Fsp3) is 0.412. The van der Waals surface area contributed by atoms with Gasteiger partial charge >= 0.3 is 5.97 Å². The number of hydrogen-bond donors (Lipinski definition) is 2. The molecule has 0 radical (unpaired) electrons. The fourth-order valence-corrected chi connectivity index (χ4v) is 2.53. The van der Waals surface area contributed by atoms with Crippen LogP contribution in [0.15, 0.2) is 29.1 Å². The molecule has 0 aliphatic carbocycles. The number of ether oxygens (including phenoxy) is 1. The molecule has 2 rings (SSSR count). The summed E-state index contributed by atoms with van der Waals surface area (Å²) in [5.41, 5.74) is 0.151. The molecule has 2 N–H and O–H groups in total. The Morgan fingerprint density at radius 3 is 2.54 bits per heavy atom. The van der Waals surface area contributed by atoms with Crippen molar-refractivity contribution in [1.82, 2.24) is 15.5 Å². The van der Waals surface area contributed by atoms with Crippen LogP contribution in [-0.4, -0.2) is 35.2 Å². The van der Waals surface area contributed by atoms with Crippen LogP contribution in [0.5, 0.6) is 0 Å². The first-order valence-electron chi connectivity index (χ1n) is 7.75. The van der Waals surface area contributed by atoms with Crippen molar-refractivity contribution in [2.45, 2.75) is 32.7 Å². The number of carbonyl (C=O) groups excluding carboxylic acids is 2.